The normalized spacial score (nSPS) is 23.1. The number of nitrogens with one attached hydrogen (secondary N) is 1. The zero-order valence-electron chi connectivity index (χ0n) is 20.5. The Morgan fingerprint density at radius 1 is 0.862 bits per heavy atom. The Bertz CT molecular complexity index is 537. The lowest BCUT2D eigenvalue weighted by Crippen LogP contribution is -2.52. The van der Waals surface area contributed by atoms with E-state index in [1.807, 2.05) is 0 Å². The monoisotopic (exact) mass is 429 g/mol. The molecule has 1 fully saturated rings. The van der Waals surface area contributed by atoms with Gasteiger partial charge in [0.15, 0.2) is 0 Å². The first kappa shape index (κ1) is 26.9. The second-order valence-electron chi connectivity index (χ2n) is 10.3. The molecule has 1 rings (SSSR count). The van der Waals surface area contributed by atoms with Crippen molar-refractivity contribution in [2.45, 2.75) is 149 Å². The van der Waals surface area contributed by atoms with E-state index in [2.05, 4.69) is 46.3 Å². The Labute approximate surface area is 183 Å². The highest BCUT2D eigenvalue weighted by atomic mass is 32.2. The van der Waals surface area contributed by atoms with Crippen LogP contribution in [0.2, 0.25) is 0 Å². The summed E-state index contributed by atoms with van der Waals surface area (Å²) in [7, 11) is -3.30. The van der Waals surface area contributed by atoms with E-state index in [0.29, 0.717) is 5.92 Å². The fraction of sp³-hybridized carbons (Fsp3) is 1.00. The highest BCUT2D eigenvalue weighted by molar-refractivity contribution is 7.90. The zero-order valence-corrected chi connectivity index (χ0v) is 21.3. The molecule has 29 heavy (non-hydrogen) atoms. The minimum Gasteiger partial charge on any atom is -0.212 e. The largest absolute Gasteiger partial charge is 0.214 e. The molecule has 1 N–H and O–H groups in total. The highest BCUT2D eigenvalue weighted by Gasteiger charge is 2.41. The minimum atomic E-state index is -3.30. The molecular weight excluding hydrogens is 378 g/mol. The van der Waals surface area contributed by atoms with Crippen molar-refractivity contribution in [2.75, 3.05) is 0 Å². The molecule has 0 aromatic rings. The predicted octanol–water partition coefficient (Wildman–Crippen LogP) is 7.60. The quantitative estimate of drug-likeness (QED) is 0.367. The van der Waals surface area contributed by atoms with E-state index >= 15 is 0 Å². The van der Waals surface area contributed by atoms with E-state index < -0.39 is 10.0 Å². The van der Waals surface area contributed by atoms with Crippen molar-refractivity contribution >= 4 is 10.0 Å². The van der Waals surface area contributed by atoms with Crippen molar-refractivity contribution < 1.29 is 8.42 Å². The number of hydrogen-bond donors (Lipinski definition) is 1. The second-order valence-corrected chi connectivity index (χ2v) is 12.3. The van der Waals surface area contributed by atoms with E-state index in [0.717, 1.165) is 44.9 Å². The van der Waals surface area contributed by atoms with E-state index in [-0.39, 0.29) is 16.2 Å². The predicted molar refractivity (Wildman–Crippen MR) is 128 cm³/mol. The summed E-state index contributed by atoms with van der Waals surface area (Å²) in [5.41, 5.74) is -0.186. The first-order valence-electron chi connectivity index (χ1n) is 12.7. The Balaban J connectivity index is 2.97. The van der Waals surface area contributed by atoms with Gasteiger partial charge >= 0.3 is 0 Å². The van der Waals surface area contributed by atoms with Crippen LogP contribution in [0.1, 0.15) is 138 Å². The van der Waals surface area contributed by atoms with Gasteiger partial charge in [-0.1, -0.05) is 105 Å². The van der Waals surface area contributed by atoms with Gasteiger partial charge in [0.25, 0.3) is 0 Å². The summed E-state index contributed by atoms with van der Waals surface area (Å²) in [6.07, 6.45) is 16.4. The lowest BCUT2D eigenvalue weighted by Gasteiger charge is -2.44. The van der Waals surface area contributed by atoms with Crippen molar-refractivity contribution in [3.63, 3.8) is 0 Å². The van der Waals surface area contributed by atoms with Gasteiger partial charge in [0.2, 0.25) is 10.0 Å². The van der Waals surface area contributed by atoms with Crippen molar-refractivity contribution in [2.24, 2.45) is 11.3 Å². The smallest absolute Gasteiger partial charge is 0.212 e. The van der Waals surface area contributed by atoms with Crippen molar-refractivity contribution in [1.29, 1.82) is 0 Å². The van der Waals surface area contributed by atoms with Crippen molar-refractivity contribution in [3.8, 4) is 0 Å². The van der Waals surface area contributed by atoms with Crippen molar-refractivity contribution in [1.82, 2.24) is 4.72 Å². The van der Waals surface area contributed by atoms with Crippen LogP contribution in [0.25, 0.3) is 0 Å². The third kappa shape index (κ3) is 8.51. The van der Waals surface area contributed by atoms with Gasteiger partial charge in [0, 0.05) is 5.54 Å². The van der Waals surface area contributed by atoms with Crippen LogP contribution in [0.3, 0.4) is 0 Å². The van der Waals surface area contributed by atoms with E-state index in [1.54, 1.807) is 0 Å². The minimum absolute atomic E-state index is 0.175. The van der Waals surface area contributed by atoms with Crippen LogP contribution in [-0.4, -0.2) is 19.2 Å². The summed E-state index contributed by atoms with van der Waals surface area (Å²) in [5.74, 6) is 0.654. The lowest BCUT2D eigenvalue weighted by molar-refractivity contribution is 0.103. The van der Waals surface area contributed by atoms with Crippen LogP contribution < -0.4 is 4.72 Å². The van der Waals surface area contributed by atoms with E-state index in [1.165, 1.54) is 51.4 Å². The molecule has 0 radical (unpaired) electrons. The van der Waals surface area contributed by atoms with Crippen LogP contribution >= 0.6 is 0 Å². The summed E-state index contributed by atoms with van der Waals surface area (Å²) in [6.45, 7) is 13.5. The van der Waals surface area contributed by atoms with Crippen LogP contribution in [0.4, 0.5) is 0 Å². The van der Waals surface area contributed by atoms with Gasteiger partial charge in [-0.25, -0.2) is 13.1 Å². The molecule has 2 unspecified atom stereocenters. The molecule has 0 aliphatic heterocycles. The maximum Gasteiger partial charge on any atom is 0.214 e. The third-order valence-corrected chi connectivity index (χ3v) is 10.0. The summed E-state index contributed by atoms with van der Waals surface area (Å²) in [5, 5.41) is -0.211. The van der Waals surface area contributed by atoms with Gasteiger partial charge in [-0.3, -0.25) is 0 Å². The first-order valence-corrected chi connectivity index (χ1v) is 14.2. The maximum atomic E-state index is 13.5. The lowest BCUT2D eigenvalue weighted by atomic mass is 9.65. The fourth-order valence-electron chi connectivity index (χ4n) is 5.59. The number of hydrogen-bond acceptors (Lipinski definition) is 2. The molecule has 0 amide bonds. The van der Waals surface area contributed by atoms with Gasteiger partial charge in [0.1, 0.15) is 0 Å². The molecule has 1 aliphatic carbocycles. The molecule has 1 aliphatic rings. The fourth-order valence-corrected chi connectivity index (χ4v) is 7.61. The van der Waals surface area contributed by atoms with Gasteiger partial charge in [-0.2, -0.15) is 0 Å². The Morgan fingerprint density at radius 3 is 1.79 bits per heavy atom. The average molecular weight is 430 g/mol. The maximum absolute atomic E-state index is 13.5. The van der Waals surface area contributed by atoms with Crippen LogP contribution in [-0.2, 0) is 10.0 Å². The van der Waals surface area contributed by atoms with Crippen molar-refractivity contribution in [3.05, 3.63) is 0 Å². The Hall–Kier alpha value is -0.0900. The highest BCUT2D eigenvalue weighted by Crippen LogP contribution is 2.44. The molecule has 3 atom stereocenters. The number of sulfonamides is 1. The molecular formula is C25H51NO2S. The summed E-state index contributed by atoms with van der Waals surface area (Å²) in [4.78, 5) is 0. The topological polar surface area (TPSA) is 46.2 Å². The van der Waals surface area contributed by atoms with Gasteiger partial charge in [0.05, 0.1) is 5.25 Å². The summed E-state index contributed by atoms with van der Waals surface area (Å²) >= 11 is 0. The SMILES string of the molecule is CCC[C@@H](CC)C(C)(CC)CC(C)(CC)NS(=O)(=O)C1CCCCCCCCC1. The van der Waals surface area contributed by atoms with E-state index in [4.69, 9.17) is 0 Å². The zero-order chi connectivity index (χ0) is 22.0. The molecule has 0 heterocycles. The summed E-state index contributed by atoms with van der Waals surface area (Å²) < 4.78 is 30.2. The Morgan fingerprint density at radius 2 is 1.38 bits per heavy atom. The van der Waals surface area contributed by atoms with Crippen LogP contribution in [0.5, 0.6) is 0 Å². The molecule has 0 saturated heterocycles. The third-order valence-electron chi connectivity index (χ3n) is 7.88. The molecule has 0 spiro atoms. The molecule has 4 heteroatoms. The van der Waals surface area contributed by atoms with Crippen LogP contribution in [0, 0.1) is 11.3 Å². The number of rotatable bonds is 11. The standard InChI is InChI=1S/C25H51NO2S/c1-7-18-22(8-2)24(5,9-3)21-25(6,10-4)26-29(27,28)23-19-16-14-12-11-13-15-17-20-23/h22-23,26H,7-21H2,1-6H3/t22-,24?,25?/m1/s1. The average Bonchev–Trinajstić information content (AvgIpc) is 2.69. The van der Waals surface area contributed by atoms with Crippen LogP contribution in [0.15, 0.2) is 0 Å². The summed E-state index contributed by atoms with van der Waals surface area (Å²) in [6, 6.07) is 0. The molecule has 0 aromatic heterocycles. The van der Waals surface area contributed by atoms with E-state index in [9.17, 15) is 8.42 Å². The molecule has 174 valence electrons. The first-order chi connectivity index (χ1) is 13.7. The molecule has 1 saturated carbocycles. The van der Waals surface area contributed by atoms with Gasteiger partial charge in [-0.15, -0.1) is 0 Å². The molecule has 3 nitrogen and oxygen atoms in total. The van der Waals surface area contributed by atoms with Gasteiger partial charge in [-0.05, 0) is 43.9 Å². The molecule has 0 bridgehead atoms. The Kier molecular flexibility index (Phi) is 11.8. The van der Waals surface area contributed by atoms with Gasteiger partial charge < -0.3 is 0 Å². The molecule has 0 aromatic carbocycles. The second kappa shape index (κ2) is 12.7.